The van der Waals surface area contributed by atoms with Crippen LogP contribution in [0.15, 0.2) is 229 Å². The van der Waals surface area contributed by atoms with Gasteiger partial charge in [0.05, 0.1) is 5.69 Å². The summed E-state index contributed by atoms with van der Waals surface area (Å²) >= 11 is 0. The van der Waals surface area contributed by atoms with Gasteiger partial charge in [0.1, 0.15) is 11.2 Å². The zero-order valence-electron chi connectivity index (χ0n) is 35.2. The fourth-order valence-electron chi connectivity index (χ4n) is 10.2. The Hall–Kier alpha value is -7.94. The molecule has 1 aliphatic carbocycles. The van der Waals surface area contributed by atoms with Crippen molar-refractivity contribution < 1.29 is 4.42 Å². The summed E-state index contributed by atoms with van der Waals surface area (Å²) in [5, 5.41) is 4.51. The Morgan fingerprint density at radius 1 is 0.349 bits per heavy atom. The van der Waals surface area contributed by atoms with E-state index in [0.717, 1.165) is 55.5 Å². The summed E-state index contributed by atoms with van der Waals surface area (Å²) in [7, 11) is 0. The molecule has 0 saturated heterocycles. The van der Waals surface area contributed by atoms with E-state index >= 15 is 0 Å². The van der Waals surface area contributed by atoms with E-state index in [0.29, 0.717) is 0 Å². The van der Waals surface area contributed by atoms with Crippen LogP contribution < -0.4 is 4.90 Å². The molecule has 0 saturated carbocycles. The Bertz CT molecular complexity index is 3520. The van der Waals surface area contributed by atoms with Crippen LogP contribution in [0.5, 0.6) is 0 Å². The van der Waals surface area contributed by atoms with Crippen molar-refractivity contribution in [3.8, 4) is 55.6 Å². The van der Waals surface area contributed by atoms with Gasteiger partial charge in [-0.2, -0.15) is 0 Å². The molecule has 0 bridgehead atoms. The third-order valence-electron chi connectivity index (χ3n) is 13.3. The average Bonchev–Trinajstić information content (AvgIpc) is 3.84. The lowest BCUT2D eigenvalue weighted by molar-refractivity contribution is 0.660. The molecular weight excluding hydrogens is 763 g/mol. The van der Waals surface area contributed by atoms with Crippen LogP contribution in [0.3, 0.4) is 0 Å². The van der Waals surface area contributed by atoms with Crippen LogP contribution in [-0.2, 0) is 5.41 Å². The van der Waals surface area contributed by atoms with Crippen molar-refractivity contribution in [3.63, 3.8) is 0 Å². The van der Waals surface area contributed by atoms with Gasteiger partial charge in [0, 0.05) is 38.5 Å². The summed E-state index contributed by atoms with van der Waals surface area (Å²) in [6.45, 7) is 4.71. The second-order valence-electron chi connectivity index (χ2n) is 17.2. The van der Waals surface area contributed by atoms with Crippen LogP contribution in [0, 0.1) is 0 Å². The molecule has 1 heterocycles. The molecule has 10 aromatic carbocycles. The van der Waals surface area contributed by atoms with Gasteiger partial charge in [-0.05, 0) is 109 Å². The first-order valence-corrected chi connectivity index (χ1v) is 21.8. The normalized spacial score (nSPS) is 12.7. The van der Waals surface area contributed by atoms with Gasteiger partial charge in [-0.1, -0.05) is 196 Å². The van der Waals surface area contributed by atoms with Crippen molar-refractivity contribution in [2.75, 3.05) is 4.90 Å². The molecule has 0 unspecified atom stereocenters. The zero-order chi connectivity index (χ0) is 42.1. The van der Waals surface area contributed by atoms with Crippen molar-refractivity contribution in [1.82, 2.24) is 0 Å². The summed E-state index contributed by atoms with van der Waals surface area (Å²) in [4.78, 5) is 2.45. The molecule has 0 atom stereocenters. The summed E-state index contributed by atoms with van der Waals surface area (Å²) in [5.41, 5.74) is 19.7. The van der Waals surface area contributed by atoms with Crippen LogP contribution in [0.1, 0.15) is 25.0 Å². The van der Waals surface area contributed by atoms with Gasteiger partial charge >= 0.3 is 0 Å². The van der Waals surface area contributed by atoms with Crippen LogP contribution in [0.2, 0.25) is 0 Å². The highest BCUT2D eigenvalue weighted by Gasteiger charge is 2.36. The molecule has 0 radical (unpaired) electrons. The molecule has 12 rings (SSSR count). The van der Waals surface area contributed by atoms with E-state index in [4.69, 9.17) is 4.42 Å². The first-order valence-electron chi connectivity index (χ1n) is 21.8. The van der Waals surface area contributed by atoms with Gasteiger partial charge in [-0.25, -0.2) is 0 Å². The number of fused-ring (bicyclic) bond motifs is 8. The standard InChI is InChI=1S/C61H43NO/c1-61(2)55-28-13-11-25-50(55)51-36-35-46(38-56(51)61)62(57-29-14-12-23-47(57)42-19-7-4-8-20-42)45-22-15-21-44(37-45)48-27-16-30-58-59(48)54-39-53(49-24-9-10-26-52(49)60(54)63-58)43-33-31-41(32-34-43)40-17-5-3-6-18-40/h3-39H,1-2H3. The Morgan fingerprint density at radius 3 is 1.73 bits per heavy atom. The van der Waals surface area contributed by atoms with Gasteiger partial charge in [-0.3, -0.25) is 0 Å². The van der Waals surface area contributed by atoms with Gasteiger partial charge in [0.2, 0.25) is 0 Å². The molecule has 1 aromatic heterocycles. The predicted molar refractivity (Wildman–Crippen MR) is 265 cm³/mol. The van der Waals surface area contributed by atoms with Crippen LogP contribution in [-0.4, -0.2) is 0 Å². The summed E-state index contributed by atoms with van der Waals surface area (Å²) < 4.78 is 6.86. The molecule has 0 spiro atoms. The van der Waals surface area contributed by atoms with Crippen LogP contribution in [0.4, 0.5) is 17.1 Å². The number of hydrogen-bond acceptors (Lipinski definition) is 2. The number of nitrogens with zero attached hydrogens (tertiary/aromatic N) is 1. The molecule has 0 amide bonds. The number of hydrogen-bond donors (Lipinski definition) is 0. The lowest BCUT2D eigenvalue weighted by atomic mass is 9.82. The van der Waals surface area contributed by atoms with E-state index in [1.165, 1.54) is 61.0 Å². The third kappa shape index (κ3) is 6.02. The number of para-hydroxylation sites is 1. The molecular formula is C61H43NO. The van der Waals surface area contributed by atoms with E-state index in [1.807, 2.05) is 0 Å². The maximum Gasteiger partial charge on any atom is 0.143 e. The maximum atomic E-state index is 6.86. The van der Waals surface area contributed by atoms with Crippen molar-refractivity contribution in [2.24, 2.45) is 0 Å². The zero-order valence-corrected chi connectivity index (χ0v) is 35.2. The Kier molecular flexibility index (Phi) is 8.55. The van der Waals surface area contributed by atoms with Crippen molar-refractivity contribution in [2.45, 2.75) is 19.3 Å². The fourth-order valence-corrected chi connectivity index (χ4v) is 10.2. The summed E-state index contributed by atoms with van der Waals surface area (Å²) in [6, 6.07) is 81.5. The number of furan rings is 1. The number of rotatable bonds is 7. The van der Waals surface area contributed by atoms with E-state index in [2.05, 4.69) is 243 Å². The van der Waals surface area contributed by atoms with E-state index in [9.17, 15) is 0 Å². The Morgan fingerprint density at radius 2 is 0.921 bits per heavy atom. The number of benzene rings is 10. The van der Waals surface area contributed by atoms with Crippen LogP contribution >= 0.6 is 0 Å². The third-order valence-corrected chi connectivity index (χ3v) is 13.3. The van der Waals surface area contributed by atoms with Crippen molar-refractivity contribution in [1.29, 1.82) is 0 Å². The highest BCUT2D eigenvalue weighted by molar-refractivity contribution is 6.22. The predicted octanol–water partition coefficient (Wildman–Crippen LogP) is 17.2. The SMILES string of the molecule is CC1(C)c2ccccc2-c2ccc(N(c3cccc(-c4cccc5oc6c7ccccc7c(-c7ccc(-c8ccccc8)cc7)cc6c45)c3)c3ccccc3-c3ccccc3)cc21. The lowest BCUT2D eigenvalue weighted by Crippen LogP contribution is -2.17. The minimum Gasteiger partial charge on any atom is -0.455 e. The molecule has 2 nitrogen and oxygen atoms in total. The minimum absolute atomic E-state index is 0.140. The molecule has 0 aliphatic heterocycles. The largest absolute Gasteiger partial charge is 0.455 e. The summed E-state index contributed by atoms with van der Waals surface area (Å²) in [5.74, 6) is 0. The molecule has 1 aliphatic rings. The van der Waals surface area contributed by atoms with Gasteiger partial charge in [0.25, 0.3) is 0 Å². The highest BCUT2D eigenvalue weighted by Crippen LogP contribution is 2.52. The Labute approximate surface area is 368 Å². The Balaban J connectivity index is 1.04. The fraction of sp³-hybridized carbons (Fsp3) is 0.0492. The van der Waals surface area contributed by atoms with E-state index in [1.54, 1.807) is 0 Å². The molecule has 2 heteroatoms. The van der Waals surface area contributed by atoms with Gasteiger partial charge < -0.3 is 9.32 Å². The molecule has 298 valence electrons. The average molecular weight is 806 g/mol. The van der Waals surface area contributed by atoms with Crippen molar-refractivity contribution in [3.05, 3.63) is 236 Å². The maximum absolute atomic E-state index is 6.86. The molecule has 0 N–H and O–H groups in total. The smallest absolute Gasteiger partial charge is 0.143 e. The first-order chi connectivity index (χ1) is 31.0. The van der Waals surface area contributed by atoms with E-state index < -0.39 is 0 Å². The molecule has 0 fully saturated rings. The summed E-state index contributed by atoms with van der Waals surface area (Å²) in [6.07, 6.45) is 0. The topological polar surface area (TPSA) is 16.4 Å². The quantitative estimate of drug-likeness (QED) is 0.160. The van der Waals surface area contributed by atoms with Crippen LogP contribution in [0.25, 0.3) is 88.3 Å². The van der Waals surface area contributed by atoms with Gasteiger partial charge in [-0.15, -0.1) is 0 Å². The second-order valence-corrected chi connectivity index (χ2v) is 17.2. The monoisotopic (exact) mass is 805 g/mol. The van der Waals surface area contributed by atoms with Crippen molar-refractivity contribution >= 4 is 49.8 Å². The first kappa shape index (κ1) is 36.9. The van der Waals surface area contributed by atoms with E-state index in [-0.39, 0.29) is 5.41 Å². The molecule has 63 heavy (non-hydrogen) atoms. The van der Waals surface area contributed by atoms with Gasteiger partial charge in [0.15, 0.2) is 0 Å². The number of anilines is 3. The lowest BCUT2D eigenvalue weighted by Gasteiger charge is -2.30. The minimum atomic E-state index is -0.140. The molecule has 11 aromatic rings. The second kappa shape index (κ2) is 14.6. The highest BCUT2D eigenvalue weighted by atomic mass is 16.3.